The number of thiocarbonyl (C=S) groups is 1. The molecule has 0 atom stereocenters. The molecule has 0 saturated heterocycles. The number of benzene rings is 1. The van der Waals surface area contributed by atoms with Gasteiger partial charge in [-0.3, -0.25) is 0 Å². The van der Waals surface area contributed by atoms with Gasteiger partial charge in [0.25, 0.3) is 0 Å². The van der Waals surface area contributed by atoms with Gasteiger partial charge in [0, 0.05) is 24.2 Å². The van der Waals surface area contributed by atoms with Crippen molar-refractivity contribution in [1.29, 1.82) is 0 Å². The molecule has 0 saturated carbocycles. The Morgan fingerprint density at radius 2 is 2.33 bits per heavy atom. The van der Waals surface area contributed by atoms with E-state index in [1.165, 1.54) is 18.5 Å². The third kappa shape index (κ3) is 3.01. The van der Waals surface area contributed by atoms with Gasteiger partial charge in [0.2, 0.25) is 5.89 Å². The highest BCUT2D eigenvalue weighted by molar-refractivity contribution is 7.80. The first kappa shape index (κ1) is 12.4. The van der Waals surface area contributed by atoms with Crippen LogP contribution in [0.15, 0.2) is 29.0 Å². The van der Waals surface area contributed by atoms with E-state index in [0.29, 0.717) is 30.1 Å². The first-order valence-corrected chi connectivity index (χ1v) is 5.66. The zero-order valence-corrected chi connectivity index (χ0v) is 10.2. The lowest BCUT2D eigenvalue weighted by molar-refractivity contribution is 0.380. The van der Waals surface area contributed by atoms with E-state index in [-0.39, 0.29) is 10.8 Å². The lowest BCUT2D eigenvalue weighted by Crippen LogP contribution is -2.15. The molecule has 5 nitrogen and oxygen atoms in total. The molecule has 0 amide bonds. The summed E-state index contributed by atoms with van der Waals surface area (Å²) < 4.78 is 17.9. The average molecular weight is 266 g/mol. The van der Waals surface area contributed by atoms with Crippen LogP contribution in [0.1, 0.15) is 11.5 Å². The lowest BCUT2D eigenvalue weighted by atomic mass is 10.1. The minimum atomic E-state index is -0.375. The Hall–Kier alpha value is -2.02. The van der Waals surface area contributed by atoms with Gasteiger partial charge in [0.05, 0.1) is 0 Å². The molecule has 18 heavy (non-hydrogen) atoms. The van der Waals surface area contributed by atoms with Gasteiger partial charge in [-0.15, -0.1) is 0 Å². The molecule has 0 aliphatic rings. The number of hydrogen-bond acceptors (Lipinski definition) is 5. The van der Waals surface area contributed by atoms with Gasteiger partial charge in [0.1, 0.15) is 10.8 Å². The van der Waals surface area contributed by atoms with Crippen molar-refractivity contribution in [2.24, 2.45) is 5.73 Å². The summed E-state index contributed by atoms with van der Waals surface area (Å²) in [5, 5.41) is 6.60. The maximum absolute atomic E-state index is 13.1. The predicted molar refractivity (Wildman–Crippen MR) is 68.8 cm³/mol. The molecule has 0 bridgehead atoms. The Balaban J connectivity index is 2.02. The number of anilines is 1. The van der Waals surface area contributed by atoms with Gasteiger partial charge in [-0.05, 0) is 18.2 Å². The second kappa shape index (κ2) is 5.54. The Morgan fingerprint density at radius 1 is 1.50 bits per heavy atom. The molecule has 7 heteroatoms. The fourth-order valence-corrected chi connectivity index (χ4v) is 1.65. The standard InChI is InChI=1S/C11H11FN4OS/c12-7-1-2-9(8(5-7)11(13)18)14-4-3-10-15-6-16-17-10/h1-2,5-6,14H,3-4H2,(H2,13,18). The molecule has 0 aliphatic heterocycles. The van der Waals surface area contributed by atoms with Crippen molar-refractivity contribution in [3.8, 4) is 0 Å². The fourth-order valence-electron chi connectivity index (χ4n) is 1.48. The van der Waals surface area contributed by atoms with Gasteiger partial charge in [-0.1, -0.05) is 17.4 Å². The van der Waals surface area contributed by atoms with E-state index in [2.05, 4.69) is 15.5 Å². The second-order valence-electron chi connectivity index (χ2n) is 3.57. The van der Waals surface area contributed by atoms with Crippen molar-refractivity contribution in [3.05, 3.63) is 41.8 Å². The highest BCUT2D eigenvalue weighted by Crippen LogP contribution is 2.16. The smallest absolute Gasteiger partial charge is 0.228 e. The van der Waals surface area contributed by atoms with Gasteiger partial charge in [-0.2, -0.15) is 4.98 Å². The second-order valence-corrected chi connectivity index (χ2v) is 4.01. The first-order valence-electron chi connectivity index (χ1n) is 5.25. The van der Waals surface area contributed by atoms with Crippen LogP contribution in [0, 0.1) is 5.82 Å². The summed E-state index contributed by atoms with van der Waals surface area (Å²) in [6, 6.07) is 4.24. The molecule has 0 aliphatic carbocycles. The average Bonchev–Trinajstić information content (AvgIpc) is 2.84. The van der Waals surface area contributed by atoms with Crippen LogP contribution in [0.3, 0.4) is 0 Å². The van der Waals surface area contributed by atoms with Crippen LogP contribution >= 0.6 is 12.2 Å². The highest BCUT2D eigenvalue weighted by Gasteiger charge is 2.07. The van der Waals surface area contributed by atoms with Crippen LogP contribution in [0.4, 0.5) is 10.1 Å². The van der Waals surface area contributed by atoms with E-state index in [1.54, 1.807) is 6.07 Å². The van der Waals surface area contributed by atoms with Crippen molar-refractivity contribution in [2.75, 3.05) is 11.9 Å². The number of nitrogens with zero attached hydrogens (tertiary/aromatic N) is 2. The fraction of sp³-hybridized carbons (Fsp3) is 0.182. The van der Waals surface area contributed by atoms with E-state index in [4.69, 9.17) is 22.5 Å². The monoisotopic (exact) mass is 266 g/mol. The first-order chi connectivity index (χ1) is 8.66. The van der Waals surface area contributed by atoms with E-state index in [0.717, 1.165) is 0 Å². The molecular formula is C11H11FN4OS. The van der Waals surface area contributed by atoms with Crippen LogP contribution < -0.4 is 11.1 Å². The molecule has 2 rings (SSSR count). The quantitative estimate of drug-likeness (QED) is 0.799. The maximum Gasteiger partial charge on any atom is 0.228 e. The normalized spacial score (nSPS) is 10.3. The zero-order chi connectivity index (χ0) is 13.0. The third-order valence-corrected chi connectivity index (χ3v) is 2.53. The Bertz CT molecular complexity index is 544. The molecule has 0 unspecified atom stereocenters. The summed E-state index contributed by atoms with van der Waals surface area (Å²) in [7, 11) is 0. The molecular weight excluding hydrogens is 255 g/mol. The number of nitrogens with two attached hydrogens (primary N) is 1. The number of aromatic nitrogens is 2. The maximum atomic E-state index is 13.1. The van der Waals surface area contributed by atoms with Crippen LogP contribution in [0.2, 0.25) is 0 Å². The summed E-state index contributed by atoms with van der Waals surface area (Å²) in [5.74, 6) is 0.154. The summed E-state index contributed by atoms with van der Waals surface area (Å²) >= 11 is 4.87. The minimum Gasteiger partial charge on any atom is -0.389 e. The Morgan fingerprint density at radius 3 is 3.00 bits per heavy atom. The van der Waals surface area contributed by atoms with Crippen molar-refractivity contribution < 1.29 is 8.91 Å². The minimum absolute atomic E-state index is 0.148. The number of nitrogens with one attached hydrogen (secondary N) is 1. The van der Waals surface area contributed by atoms with Crippen molar-refractivity contribution >= 4 is 22.9 Å². The van der Waals surface area contributed by atoms with Crippen LogP contribution in [-0.2, 0) is 6.42 Å². The molecule has 1 aromatic heterocycles. The molecule has 0 fully saturated rings. The van der Waals surface area contributed by atoms with Gasteiger partial charge >= 0.3 is 0 Å². The van der Waals surface area contributed by atoms with Crippen LogP contribution in [0.5, 0.6) is 0 Å². The predicted octanol–water partition coefficient (Wildman–Crippen LogP) is 1.50. The van der Waals surface area contributed by atoms with Crippen molar-refractivity contribution in [1.82, 2.24) is 10.1 Å². The summed E-state index contributed by atoms with van der Waals surface area (Å²) in [5.41, 5.74) is 6.70. The van der Waals surface area contributed by atoms with Gasteiger partial charge in [0.15, 0.2) is 6.33 Å². The number of halogens is 1. The zero-order valence-electron chi connectivity index (χ0n) is 9.39. The lowest BCUT2D eigenvalue weighted by Gasteiger charge is -2.10. The summed E-state index contributed by atoms with van der Waals surface area (Å²) in [6.07, 6.45) is 1.90. The number of rotatable bonds is 5. The molecule has 0 radical (unpaired) electrons. The van der Waals surface area contributed by atoms with Crippen molar-refractivity contribution in [3.63, 3.8) is 0 Å². The molecule has 94 valence electrons. The van der Waals surface area contributed by atoms with Crippen LogP contribution in [0.25, 0.3) is 0 Å². The summed E-state index contributed by atoms with van der Waals surface area (Å²) in [4.78, 5) is 4.04. The molecule has 0 spiro atoms. The van der Waals surface area contributed by atoms with E-state index in [1.807, 2.05) is 0 Å². The van der Waals surface area contributed by atoms with Crippen LogP contribution in [-0.4, -0.2) is 21.7 Å². The van der Waals surface area contributed by atoms with Gasteiger partial charge < -0.3 is 15.6 Å². The molecule has 1 heterocycles. The number of hydrogen-bond donors (Lipinski definition) is 2. The largest absolute Gasteiger partial charge is 0.389 e. The SMILES string of the molecule is NC(=S)c1cc(F)ccc1NCCc1ncno1. The molecule has 2 aromatic rings. The van der Waals surface area contributed by atoms with Gasteiger partial charge in [-0.25, -0.2) is 4.39 Å². The van der Waals surface area contributed by atoms with E-state index < -0.39 is 0 Å². The Labute approximate surface area is 108 Å². The van der Waals surface area contributed by atoms with E-state index >= 15 is 0 Å². The topological polar surface area (TPSA) is 77.0 Å². The molecule has 1 aromatic carbocycles. The third-order valence-electron chi connectivity index (χ3n) is 2.31. The summed E-state index contributed by atoms with van der Waals surface area (Å²) in [6.45, 7) is 0.559. The van der Waals surface area contributed by atoms with E-state index in [9.17, 15) is 4.39 Å². The highest BCUT2D eigenvalue weighted by atomic mass is 32.1. The Kier molecular flexibility index (Phi) is 3.83. The van der Waals surface area contributed by atoms with Crippen molar-refractivity contribution in [2.45, 2.75) is 6.42 Å². The molecule has 3 N–H and O–H groups in total.